The monoisotopic (exact) mass is 286 g/mol. The van der Waals surface area contributed by atoms with Gasteiger partial charge in [-0.1, -0.05) is 49.8 Å². The molecule has 1 aliphatic rings. The number of hydrogen-bond donors (Lipinski definition) is 1. The second-order valence-corrected chi connectivity index (χ2v) is 5.33. The topological polar surface area (TPSA) is 49.4 Å². The molecule has 1 aromatic rings. The summed E-state index contributed by atoms with van der Waals surface area (Å²) in [6, 6.07) is 8.90. The van der Waals surface area contributed by atoms with Gasteiger partial charge in [-0.2, -0.15) is 0 Å². The molecule has 1 aromatic carbocycles. The number of piperazine rings is 1. The van der Waals surface area contributed by atoms with Crippen LogP contribution in [0.2, 0.25) is 0 Å². The average Bonchev–Trinajstić information content (AvgIpc) is 2.49. The summed E-state index contributed by atoms with van der Waals surface area (Å²) in [6.07, 6.45) is 3.75. The first-order valence-electron chi connectivity index (χ1n) is 7.43. The van der Waals surface area contributed by atoms with Crippen LogP contribution in [0.3, 0.4) is 0 Å². The molecule has 1 heterocycles. The van der Waals surface area contributed by atoms with E-state index >= 15 is 0 Å². The Balaban J connectivity index is 2.16. The van der Waals surface area contributed by atoms with Crippen molar-refractivity contribution in [1.29, 1.82) is 0 Å². The zero-order valence-corrected chi connectivity index (χ0v) is 12.4. The summed E-state index contributed by atoms with van der Waals surface area (Å²) < 4.78 is 0. The van der Waals surface area contributed by atoms with Crippen LogP contribution in [0.1, 0.15) is 25.3 Å². The summed E-state index contributed by atoms with van der Waals surface area (Å²) in [5.41, 5.74) is 1.05. The minimum absolute atomic E-state index is 0.0168. The van der Waals surface area contributed by atoms with Crippen molar-refractivity contribution in [3.8, 4) is 0 Å². The number of nitrogens with one attached hydrogen (secondary N) is 1. The molecule has 0 saturated carbocycles. The molecule has 4 nitrogen and oxygen atoms in total. The van der Waals surface area contributed by atoms with E-state index in [4.69, 9.17) is 0 Å². The van der Waals surface area contributed by atoms with Gasteiger partial charge in [-0.3, -0.25) is 9.59 Å². The summed E-state index contributed by atoms with van der Waals surface area (Å²) >= 11 is 0. The molecule has 2 unspecified atom stereocenters. The lowest BCUT2D eigenvalue weighted by Crippen LogP contribution is -2.63. The number of carbonyl (C=O) groups excluding carboxylic acids is 2. The van der Waals surface area contributed by atoms with Crippen LogP contribution in [0, 0.1) is 0 Å². The quantitative estimate of drug-likeness (QED) is 0.812. The number of benzene rings is 1. The zero-order valence-electron chi connectivity index (χ0n) is 12.4. The van der Waals surface area contributed by atoms with Gasteiger partial charge >= 0.3 is 0 Å². The lowest BCUT2D eigenvalue weighted by Gasteiger charge is -2.38. The fourth-order valence-corrected chi connectivity index (χ4v) is 2.73. The van der Waals surface area contributed by atoms with Crippen molar-refractivity contribution < 1.29 is 9.59 Å². The predicted octanol–water partition coefficient (Wildman–Crippen LogP) is 1.91. The van der Waals surface area contributed by atoms with Gasteiger partial charge in [-0.25, -0.2) is 0 Å². The first-order valence-corrected chi connectivity index (χ1v) is 7.43. The van der Waals surface area contributed by atoms with E-state index in [0.29, 0.717) is 19.4 Å². The van der Waals surface area contributed by atoms with E-state index in [1.165, 1.54) is 0 Å². The van der Waals surface area contributed by atoms with Crippen LogP contribution < -0.4 is 5.32 Å². The van der Waals surface area contributed by atoms with Crippen molar-refractivity contribution in [3.05, 3.63) is 48.6 Å². The van der Waals surface area contributed by atoms with Gasteiger partial charge in [-0.15, -0.1) is 6.58 Å². The Morgan fingerprint density at radius 1 is 1.29 bits per heavy atom. The molecule has 2 atom stereocenters. The minimum atomic E-state index is -0.479. The number of hydrogen-bond acceptors (Lipinski definition) is 2. The first kappa shape index (κ1) is 15.3. The third kappa shape index (κ3) is 3.51. The third-order valence-corrected chi connectivity index (χ3v) is 3.75. The van der Waals surface area contributed by atoms with Gasteiger partial charge in [0.1, 0.15) is 12.1 Å². The molecule has 2 rings (SSSR count). The molecule has 0 aliphatic carbocycles. The van der Waals surface area contributed by atoms with Crippen LogP contribution in [0.4, 0.5) is 0 Å². The van der Waals surface area contributed by atoms with Crippen molar-refractivity contribution in [2.75, 3.05) is 6.54 Å². The highest BCUT2D eigenvalue weighted by Gasteiger charge is 2.39. The molecule has 1 fully saturated rings. The summed E-state index contributed by atoms with van der Waals surface area (Å²) in [7, 11) is 0. The van der Waals surface area contributed by atoms with E-state index in [1.54, 1.807) is 11.0 Å². The Labute approximate surface area is 125 Å². The molecule has 0 radical (unpaired) electrons. The fraction of sp³-hybridized carbons (Fsp3) is 0.412. The molecule has 0 bridgehead atoms. The predicted molar refractivity (Wildman–Crippen MR) is 82.7 cm³/mol. The van der Waals surface area contributed by atoms with Crippen molar-refractivity contribution >= 4 is 11.8 Å². The molecular formula is C17H22N2O2. The molecule has 112 valence electrons. The second kappa shape index (κ2) is 7.07. The highest BCUT2D eigenvalue weighted by molar-refractivity contribution is 5.97. The number of amides is 2. The molecule has 0 spiro atoms. The molecule has 2 amide bonds. The lowest BCUT2D eigenvalue weighted by molar-refractivity contribution is -0.148. The maximum absolute atomic E-state index is 12.6. The van der Waals surface area contributed by atoms with Gasteiger partial charge in [-0.05, 0) is 12.0 Å². The van der Waals surface area contributed by atoms with Gasteiger partial charge in [0.2, 0.25) is 11.8 Å². The van der Waals surface area contributed by atoms with Gasteiger partial charge in [0.15, 0.2) is 0 Å². The van der Waals surface area contributed by atoms with E-state index < -0.39 is 6.04 Å². The molecule has 4 heteroatoms. The highest BCUT2D eigenvalue weighted by Crippen LogP contribution is 2.17. The molecule has 1 N–H and O–H groups in total. The molecule has 1 aliphatic heterocycles. The summed E-state index contributed by atoms with van der Waals surface area (Å²) in [4.78, 5) is 26.5. The molecule has 21 heavy (non-hydrogen) atoms. The van der Waals surface area contributed by atoms with Crippen molar-refractivity contribution in [1.82, 2.24) is 10.2 Å². The zero-order chi connectivity index (χ0) is 15.2. The largest absolute Gasteiger partial charge is 0.342 e. The van der Waals surface area contributed by atoms with Gasteiger partial charge < -0.3 is 10.2 Å². The molecule has 0 aromatic heterocycles. The summed E-state index contributed by atoms with van der Waals surface area (Å²) in [6.45, 7) is 6.12. The smallest absolute Gasteiger partial charge is 0.246 e. The Bertz CT molecular complexity index is 513. The number of nitrogens with zero attached hydrogens (tertiary/aromatic N) is 1. The van der Waals surface area contributed by atoms with Crippen LogP contribution in [0.5, 0.6) is 0 Å². The fourth-order valence-electron chi connectivity index (χ4n) is 2.73. The van der Waals surface area contributed by atoms with Crippen molar-refractivity contribution in [3.63, 3.8) is 0 Å². The lowest BCUT2D eigenvalue weighted by atomic mass is 9.98. The maximum atomic E-state index is 12.6. The number of carbonyl (C=O) groups is 2. The van der Waals surface area contributed by atoms with E-state index in [1.807, 2.05) is 37.3 Å². The Morgan fingerprint density at radius 2 is 2.00 bits per heavy atom. The van der Waals surface area contributed by atoms with E-state index in [9.17, 15) is 9.59 Å². The molecule has 1 saturated heterocycles. The van der Waals surface area contributed by atoms with Crippen molar-refractivity contribution in [2.45, 2.75) is 38.3 Å². The van der Waals surface area contributed by atoms with E-state index in [-0.39, 0.29) is 17.9 Å². The summed E-state index contributed by atoms with van der Waals surface area (Å²) in [5.74, 6) is -0.0731. The maximum Gasteiger partial charge on any atom is 0.246 e. The highest BCUT2D eigenvalue weighted by atomic mass is 16.2. The third-order valence-electron chi connectivity index (χ3n) is 3.75. The minimum Gasteiger partial charge on any atom is -0.342 e. The van der Waals surface area contributed by atoms with Crippen LogP contribution in [0.15, 0.2) is 43.0 Å². The Hall–Kier alpha value is -2.10. The Morgan fingerprint density at radius 3 is 2.62 bits per heavy atom. The van der Waals surface area contributed by atoms with Crippen LogP contribution >= 0.6 is 0 Å². The van der Waals surface area contributed by atoms with Crippen LogP contribution in [-0.4, -0.2) is 35.3 Å². The SMILES string of the molecule is C=CCN1C(=O)C(Cc2ccccc2)NC(=O)C1CCC. The number of rotatable bonds is 6. The Kier molecular flexibility index (Phi) is 5.14. The van der Waals surface area contributed by atoms with Crippen LogP contribution in [0.25, 0.3) is 0 Å². The normalized spacial score (nSPS) is 22.0. The van der Waals surface area contributed by atoms with Gasteiger partial charge in [0.25, 0.3) is 0 Å². The van der Waals surface area contributed by atoms with E-state index in [2.05, 4.69) is 11.9 Å². The van der Waals surface area contributed by atoms with Crippen molar-refractivity contribution in [2.24, 2.45) is 0 Å². The average molecular weight is 286 g/mol. The second-order valence-electron chi connectivity index (χ2n) is 5.33. The first-order chi connectivity index (χ1) is 10.2. The van der Waals surface area contributed by atoms with Gasteiger partial charge in [0, 0.05) is 13.0 Å². The van der Waals surface area contributed by atoms with Gasteiger partial charge in [0.05, 0.1) is 0 Å². The summed E-state index contributed by atoms with van der Waals surface area (Å²) in [5, 5.41) is 2.87. The molecular weight excluding hydrogens is 264 g/mol. The van der Waals surface area contributed by atoms with Crippen LogP contribution in [-0.2, 0) is 16.0 Å². The van der Waals surface area contributed by atoms with E-state index in [0.717, 1.165) is 12.0 Å². The standard InChI is InChI=1S/C17H22N2O2/c1-3-8-15-16(20)18-14(17(21)19(15)11-4-2)12-13-9-6-5-7-10-13/h4-7,9-10,14-15H,2-3,8,11-12H2,1H3,(H,18,20).